The van der Waals surface area contributed by atoms with Crippen LogP contribution in [0.2, 0.25) is 0 Å². The van der Waals surface area contributed by atoms with Gasteiger partial charge in [0.2, 0.25) is 5.91 Å². The molecule has 2 rings (SSSR count). The van der Waals surface area contributed by atoms with Crippen LogP contribution in [0.15, 0.2) is 59.5 Å². The summed E-state index contributed by atoms with van der Waals surface area (Å²) in [7, 11) is 0. The second kappa shape index (κ2) is 10.5. The molecular weight excluding hydrogens is 376 g/mol. The van der Waals surface area contributed by atoms with Gasteiger partial charge in [0.25, 0.3) is 5.91 Å². The maximum absolute atomic E-state index is 12.5. The maximum Gasteiger partial charge on any atom is 0.340 e. The van der Waals surface area contributed by atoms with E-state index in [4.69, 9.17) is 4.74 Å². The second-order valence-corrected chi connectivity index (χ2v) is 7.43. The van der Waals surface area contributed by atoms with Crippen molar-refractivity contribution < 1.29 is 19.1 Å². The zero-order valence-corrected chi connectivity index (χ0v) is 16.9. The third-order valence-corrected chi connectivity index (χ3v) is 4.68. The van der Waals surface area contributed by atoms with E-state index in [1.165, 1.54) is 18.7 Å². The van der Waals surface area contributed by atoms with Gasteiger partial charge in [-0.2, -0.15) is 0 Å². The Labute approximate surface area is 169 Å². The minimum Gasteiger partial charge on any atom is -0.449 e. The molecule has 0 heterocycles. The molecule has 0 bridgehead atoms. The molecule has 2 amide bonds. The molecule has 0 saturated heterocycles. The van der Waals surface area contributed by atoms with E-state index in [1.54, 1.807) is 48.5 Å². The molecule has 0 aliphatic carbocycles. The molecule has 0 spiro atoms. The Balaban J connectivity index is 1.97. The number of carbonyl (C=O) groups is 3. The van der Waals surface area contributed by atoms with E-state index in [9.17, 15) is 14.4 Å². The lowest BCUT2D eigenvalue weighted by Gasteiger charge is -2.15. The Kier molecular flexibility index (Phi) is 8.07. The summed E-state index contributed by atoms with van der Waals surface area (Å²) >= 11 is 1.25. The molecule has 0 radical (unpaired) electrons. The summed E-state index contributed by atoms with van der Waals surface area (Å²) in [6.07, 6.45) is -0.963. The van der Waals surface area contributed by atoms with Crippen LogP contribution in [-0.4, -0.2) is 35.7 Å². The average molecular weight is 401 g/mol. The van der Waals surface area contributed by atoms with Crippen molar-refractivity contribution in [2.75, 3.05) is 11.1 Å². The fourth-order valence-corrected chi connectivity index (χ4v) is 3.16. The molecule has 6 nitrogen and oxygen atoms in total. The average Bonchev–Trinajstić information content (AvgIpc) is 2.66. The predicted octanol–water partition coefficient (Wildman–Crippen LogP) is 3.49. The molecule has 0 aliphatic rings. The smallest absolute Gasteiger partial charge is 0.340 e. The summed E-state index contributed by atoms with van der Waals surface area (Å²) < 4.78 is 5.32. The number of thioether (sulfide) groups is 1. The van der Waals surface area contributed by atoms with Crippen LogP contribution in [0.5, 0.6) is 0 Å². The SMILES string of the molecule is CC(C)NC(=O)CSc1ccccc1C(=O)O[C@@H](C)C(=O)Nc1ccccc1. The van der Waals surface area contributed by atoms with Gasteiger partial charge in [0.15, 0.2) is 6.10 Å². The highest BCUT2D eigenvalue weighted by atomic mass is 32.2. The lowest BCUT2D eigenvalue weighted by atomic mass is 10.2. The number of carbonyl (C=O) groups excluding carboxylic acids is 3. The summed E-state index contributed by atoms with van der Waals surface area (Å²) in [6.45, 7) is 5.29. The number of rotatable bonds is 8. The number of benzene rings is 2. The number of hydrogen-bond acceptors (Lipinski definition) is 5. The Morgan fingerprint density at radius 3 is 2.29 bits per heavy atom. The topological polar surface area (TPSA) is 84.5 Å². The third kappa shape index (κ3) is 6.74. The third-order valence-electron chi connectivity index (χ3n) is 3.61. The van der Waals surface area contributed by atoms with Crippen molar-refractivity contribution in [2.24, 2.45) is 0 Å². The van der Waals surface area contributed by atoms with Crippen molar-refractivity contribution in [3.8, 4) is 0 Å². The van der Waals surface area contributed by atoms with Crippen LogP contribution in [0.25, 0.3) is 0 Å². The lowest BCUT2D eigenvalue weighted by Crippen LogP contribution is -2.31. The fourth-order valence-electron chi connectivity index (χ4n) is 2.31. The van der Waals surface area contributed by atoms with E-state index in [0.717, 1.165) is 0 Å². The van der Waals surface area contributed by atoms with Gasteiger partial charge >= 0.3 is 5.97 Å². The highest BCUT2D eigenvalue weighted by molar-refractivity contribution is 8.00. The van der Waals surface area contributed by atoms with Crippen molar-refractivity contribution in [1.29, 1.82) is 0 Å². The van der Waals surface area contributed by atoms with Crippen molar-refractivity contribution in [3.05, 3.63) is 60.2 Å². The highest BCUT2D eigenvalue weighted by Crippen LogP contribution is 2.23. The summed E-state index contributed by atoms with van der Waals surface area (Å²) in [5, 5.41) is 5.50. The number of nitrogens with one attached hydrogen (secondary N) is 2. The van der Waals surface area contributed by atoms with Crippen LogP contribution in [0.1, 0.15) is 31.1 Å². The zero-order valence-electron chi connectivity index (χ0n) is 16.1. The molecule has 0 aromatic heterocycles. The van der Waals surface area contributed by atoms with Crippen molar-refractivity contribution in [3.63, 3.8) is 0 Å². The Morgan fingerprint density at radius 2 is 1.61 bits per heavy atom. The number of hydrogen-bond donors (Lipinski definition) is 2. The molecule has 0 saturated carbocycles. The summed E-state index contributed by atoms with van der Waals surface area (Å²) in [4.78, 5) is 37.2. The summed E-state index contributed by atoms with van der Waals surface area (Å²) in [6, 6.07) is 15.9. The summed E-state index contributed by atoms with van der Waals surface area (Å²) in [5.74, 6) is -0.949. The van der Waals surface area contributed by atoms with Crippen LogP contribution in [0.3, 0.4) is 0 Å². The number of esters is 1. The fraction of sp³-hybridized carbons (Fsp3) is 0.286. The normalized spacial score (nSPS) is 11.6. The standard InChI is InChI=1S/C21H24N2O4S/c1-14(2)22-19(24)13-28-18-12-8-7-11-17(18)21(26)27-15(3)20(25)23-16-9-5-4-6-10-16/h4-12,14-15H,13H2,1-3H3,(H,22,24)(H,23,25)/t15-/m0/s1. The zero-order chi connectivity index (χ0) is 20.5. The van der Waals surface area contributed by atoms with E-state index < -0.39 is 18.0 Å². The van der Waals surface area contributed by atoms with Crippen LogP contribution in [0.4, 0.5) is 5.69 Å². The molecular formula is C21H24N2O4S. The minimum atomic E-state index is -0.963. The quantitative estimate of drug-likeness (QED) is 0.523. The number of ether oxygens (including phenoxy) is 1. The van der Waals surface area contributed by atoms with E-state index >= 15 is 0 Å². The first-order valence-corrected chi connectivity index (χ1v) is 9.93. The first kappa shape index (κ1) is 21.5. The van der Waals surface area contributed by atoms with Crippen molar-refractivity contribution >= 4 is 35.2 Å². The Bertz CT molecular complexity index is 824. The summed E-state index contributed by atoms with van der Waals surface area (Å²) in [5.41, 5.74) is 0.951. The van der Waals surface area contributed by atoms with Gasteiger partial charge in [0, 0.05) is 16.6 Å². The van der Waals surface area contributed by atoms with Gasteiger partial charge in [-0.3, -0.25) is 9.59 Å². The first-order valence-electron chi connectivity index (χ1n) is 8.95. The molecule has 0 aliphatic heterocycles. The van der Waals surface area contributed by atoms with E-state index in [-0.39, 0.29) is 17.7 Å². The number of para-hydroxylation sites is 1. The molecule has 2 aromatic carbocycles. The minimum absolute atomic E-state index is 0.0530. The van der Waals surface area contributed by atoms with Crippen LogP contribution >= 0.6 is 11.8 Å². The molecule has 148 valence electrons. The largest absolute Gasteiger partial charge is 0.449 e. The van der Waals surface area contributed by atoms with Crippen LogP contribution in [-0.2, 0) is 14.3 Å². The highest BCUT2D eigenvalue weighted by Gasteiger charge is 2.21. The molecule has 2 N–H and O–H groups in total. The maximum atomic E-state index is 12.5. The lowest BCUT2D eigenvalue weighted by molar-refractivity contribution is -0.123. The van der Waals surface area contributed by atoms with Gasteiger partial charge in [0.05, 0.1) is 11.3 Å². The number of amides is 2. The van der Waals surface area contributed by atoms with Gasteiger partial charge in [-0.25, -0.2) is 4.79 Å². The van der Waals surface area contributed by atoms with Crippen molar-refractivity contribution in [2.45, 2.75) is 37.8 Å². The van der Waals surface area contributed by atoms with Crippen LogP contribution in [0, 0.1) is 0 Å². The first-order chi connectivity index (χ1) is 13.4. The van der Waals surface area contributed by atoms with Gasteiger partial charge in [0.1, 0.15) is 0 Å². The van der Waals surface area contributed by atoms with Gasteiger partial charge in [-0.15, -0.1) is 11.8 Å². The van der Waals surface area contributed by atoms with E-state index in [2.05, 4.69) is 10.6 Å². The molecule has 0 unspecified atom stereocenters. The van der Waals surface area contributed by atoms with Gasteiger partial charge in [-0.05, 0) is 45.0 Å². The molecule has 0 fully saturated rings. The second-order valence-electron chi connectivity index (χ2n) is 6.41. The van der Waals surface area contributed by atoms with Crippen molar-refractivity contribution in [1.82, 2.24) is 5.32 Å². The monoisotopic (exact) mass is 400 g/mol. The molecule has 28 heavy (non-hydrogen) atoms. The molecule has 7 heteroatoms. The molecule has 2 aromatic rings. The van der Waals surface area contributed by atoms with Gasteiger partial charge < -0.3 is 15.4 Å². The van der Waals surface area contributed by atoms with E-state index in [1.807, 2.05) is 19.9 Å². The Hall–Kier alpha value is -2.80. The Morgan fingerprint density at radius 1 is 0.964 bits per heavy atom. The molecule has 1 atom stereocenters. The van der Waals surface area contributed by atoms with E-state index in [0.29, 0.717) is 16.1 Å². The number of anilines is 1. The van der Waals surface area contributed by atoms with Gasteiger partial charge in [-0.1, -0.05) is 30.3 Å². The van der Waals surface area contributed by atoms with Crippen LogP contribution < -0.4 is 10.6 Å². The predicted molar refractivity (Wildman–Crippen MR) is 110 cm³/mol.